The lowest BCUT2D eigenvalue weighted by molar-refractivity contribution is 0.217. The summed E-state index contributed by atoms with van der Waals surface area (Å²) in [5.74, 6) is 1.05. The highest BCUT2D eigenvalue weighted by atomic mass is 16.5. The van der Waals surface area contributed by atoms with Gasteiger partial charge in [0.25, 0.3) is 0 Å². The van der Waals surface area contributed by atoms with Gasteiger partial charge < -0.3 is 15.4 Å². The molecule has 1 fully saturated rings. The molecule has 1 aliphatic heterocycles. The molecule has 7 nitrogen and oxygen atoms in total. The Kier molecular flexibility index (Phi) is 4.95. The summed E-state index contributed by atoms with van der Waals surface area (Å²) in [5, 5.41) is 4.48. The Labute approximate surface area is 136 Å². The first-order valence-corrected chi connectivity index (χ1v) is 8.49. The number of anilines is 1. The molecular weight excluding hydrogens is 292 g/mol. The number of piperidine rings is 1. The molecule has 0 unspecified atom stereocenters. The summed E-state index contributed by atoms with van der Waals surface area (Å²) < 4.78 is 7.41. The molecule has 126 valence electrons. The first-order chi connectivity index (χ1) is 11.2. The third-order valence-corrected chi connectivity index (χ3v) is 4.50. The Balaban J connectivity index is 1.77. The number of nitrogens with zero attached hydrogens (tertiary/aromatic N) is 5. The van der Waals surface area contributed by atoms with Gasteiger partial charge >= 0.3 is 6.01 Å². The first-order valence-electron chi connectivity index (χ1n) is 8.49. The Bertz CT molecular complexity index is 647. The second-order valence-electron chi connectivity index (χ2n) is 6.42. The van der Waals surface area contributed by atoms with Crippen LogP contribution in [-0.2, 0) is 6.42 Å². The third kappa shape index (κ3) is 3.72. The molecule has 23 heavy (non-hydrogen) atoms. The van der Waals surface area contributed by atoms with E-state index in [1.807, 2.05) is 10.7 Å². The van der Waals surface area contributed by atoms with E-state index in [2.05, 4.69) is 33.9 Å². The van der Waals surface area contributed by atoms with Gasteiger partial charge in [0.15, 0.2) is 11.5 Å². The second kappa shape index (κ2) is 7.12. The molecule has 2 N–H and O–H groups in total. The first kappa shape index (κ1) is 16.0. The Morgan fingerprint density at radius 1 is 1.35 bits per heavy atom. The molecule has 1 saturated heterocycles. The van der Waals surface area contributed by atoms with E-state index in [9.17, 15) is 0 Å². The quantitative estimate of drug-likeness (QED) is 0.818. The van der Waals surface area contributed by atoms with Gasteiger partial charge in [0, 0.05) is 0 Å². The van der Waals surface area contributed by atoms with Crippen LogP contribution in [0.15, 0.2) is 6.20 Å². The molecule has 0 aliphatic carbocycles. The predicted molar refractivity (Wildman–Crippen MR) is 89.5 cm³/mol. The van der Waals surface area contributed by atoms with Crippen molar-refractivity contribution in [2.75, 3.05) is 32.5 Å². The van der Waals surface area contributed by atoms with Crippen molar-refractivity contribution in [1.29, 1.82) is 0 Å². The van der Waals surface area contributed by atoms with Gasteiger partial charge in [0.1, 0.15) is 0 Å². The molecule has 2 aromatic rings. The molecule has 0 bridgehead atoms. The number of nitrogens with two attached hydrogens (primary N) is 1. The fourth-order valence-corrected chi connectivity index (χ4v) is 3.00. The molecule has 7 heteroatoms. The Morgan fingerprint density at radius 2 is 2.13 bits per heavy atom. The molecule has 0 radical (unpaired) electrons. The van der Waals surface area contributed by atoms with Crippen molar-refractivity contribution in [3.05, 3.63) is 11.9 Å². The standard InChI is InChI=1S/C16H26N6O/c1-3-4-9-23-16-19-14(17)15-18-11-13(22(15)20-16)10-12-5-7-21(2)8-6-12/h11-12H,3-10H2,1-2H3,(H2,17,19,20). The molecule has 0 spiro atoms. The number of nitrogen functional groups attached to an aromatic ring is 1. The van der Waals surface area contributed by atoms with Gasteiger partial charge in [-0.25, -0.2) is 9.50 Å². The fraction of sp³-hybridized carbons (Fsp3) is 0.688. The van der Waals surface area contributed by atoms with Crippen molar-refractivity contribution >= 4 is 11.5 Å². The van der Waals surface area contributed by atoms with Crippen molar-refractivity contribution in [3.8, 4) is 6.01 Å². The van der Waals surface area contributed by atoms with Gasteiger partial charge in [-0.3, -0.25) is 0 Å². The molecule has 1 aliphatic rings. The van der Waals surface area contributed by atoms with Crippen LogP contribution in [0.4, 0.5) is 5.82 Å². The lowest BCUT2D eigenvalue weighted by Crippen LogP contribution is -2.31. The van der Waals surface area contributed by atoms with Gasteiger partial charge in [-0.15, -0.1) is 5.10 Å². The number of likely N-dealkylation sites (tertiary alicyclic amines) is 1. The summed E-state index contributed by atoms with van der Waals surface area (Å²) in [5.41, 5.74) is 7.71. The molecule has 0 saturated carbocycles. The largest absolute Gasteiger partial charge is 0.462 e. The summed E-state index contributed by atoms with van der Waals surface area (Å²) in [6.45, 7) is 5.05. The van der Waals surface area contributed by atoms with E-state index < -0.39 is 0 Å². The summed E-state index contributed by atoms with van der Waals surface area (Å²) >= 11 is 0. The number of hydrogen-bond acceptors (Lipinski definition) is 6. The third-order valence-electron chi connectivity index (χ3n) is 4.50. The minimum absolute atomic E-state index is 0.339. The molecular formula is C16H26N6O. The Hall–Kier alpha value is -1.89. The van der Waals surface area contributed by atoms with Gasteiger partial charge in [-0.05, 0) is 51.7 Å². The number of aromatic nitrogens is 4. The van der Waals surface area contributed by atoms with E-state index in [1.54, 1.807) is 0 Å². The van der Waals surface area contributed by atoms with Crippen LogP contribution in [0.5, 0.6) is 6.01 Å². The highest BCUT2D eigenvalue weighted by Gasteiger charge is 2.20. The van der Waals surface area contributed by atoms with Crippen LogP contribution >= 0.6 is 0 Å². The lowest BCUT2D eigenvalue weighted by atomic mass is 9.93. The second-order valence-corrected chi connectivity index (χ2v) is 6.42. The van der Waals surface area contributed by atoms with Crippen molar-refractivity contribution in [1.82, 2.24) is 24.5 Å². The normalized spacial score (nSPS) is 17.0. The maximum absolute atomic E-state index is 6.00. The molecule has 3 heterocycles. The molecule has 3 rings (SSSR count). The summed E-state index contributed by atoms with van der Waals surface area (Å²) in [7, 11) is 2.18. The maximum Gasteiger partial charge on any atom is 0.336 e. The van der Waals surface area contributed by atoms with E-state index >= 15 is 0 Å². The van der Waals surface area contributed by atoms with E-state index in [0.29, 0.717) is 30.0 Å². The van der Waals surface area contributed by atoms with Crippen molar-refractivity contribution in [2.24, 2.45) is 5.92 Å². The number of fused-ring (bicyclic) bond motifs is 1. The van der Waals surface area contributed by atoms with E-state index in [-0.39, 0.29) is 0 Å². The summed E-state index contributed by atoms with van der Waals surface area (Å²) in [4.78, 5) is 11.0. The van der Waals surface area contributed by atoms with Crippen molar-refractivity contribution < 1.29 is 4.74 Å². The number of unbranched alkanes of at least 4 members (excludes halogenated alkanes) is 1. The predicted octanol–water partition coefficient (Wildman–Crippen LogP) is 1.77. The van der Waals surface area contributed by atoms with Crippen LogP contribution in [0.3, 0.4) is 0 Å². The zero-order valence-electron chi connectivity index (χ0n) is 14.0. The van der Waals surface area contributed by atoms with Crippen LogP contribution in [-0.4, -0.2) is 51.2 Å². The highest BCUT2D eigenvalue weighted by Crippen LogP contribution is 2.22. The van der Waals surface area contributed by atoms with Gasteiger partial charge in [0.2, 0.25) is 0 Å². The fourth-order valence-electron chi connectivity index (χ4n) is 3.00. The SMILES string of the molecule is CCCCOc1nc(N)c2ncc(CC3CCN(C)CC3)n2n1. The molecule has 0 amide bonds. The van der Waals surface area contributed by atoms with Gasteiger partial charge in [0.05, 0.1) is 18.5 Å². The van der Waals surface area contributed by atoms with Crippen LogP contribution in [0.25, 0.3) is 5.65 Å². The van der Waals surface area contributed by atoms with Gasteiger partial charge in [-0.1, -0.05) is 13.3 Å². The van der Waals surface area contributed by atoms with E-state index in [4.69, 9.17) is 10.5 Å². The van der Waals surface area contributed by atoms with Crippen LogP contribution in [0, 0.1) is 5.92 Å². The minimum atomic E-state index is 0.339. The zero-order chi connectivity index (χ0) is 16.2. The van der Waals surface area contributed by atoms with Crippen LogP contribution < -0.4 is 10.5 Å². The van der Waals surface area contributed by atoms with Crippen molar-refractivity contribution in [2.45, 2.75) is 39.0 Å². The van der Waals surface area contributed by atoms with Crippen LogP contribution in [0.2, 0.25) is 0 Å². The smallest absolute Gasteiger partial charge is 0.336 e. The van der Waals surface area contributed by atoms with Crippen LogP contribution in [0.1, 0.15) is 38.3 Å². The molecule has 2 aromatic heterocycles. The van der Waals surface area contributed by atoms with Crippen molar-refractivity contribution in [3.63, 3.8) is 0 Å². The average Bonchev–Trinajstić information content (AvgIpc) is 2.93. The van der Waals surface area contributed by atoms with E-state index in [0.717, 1.165) is 38.0 Å². The number of ether oxygens (including phenoxy) is 1. The summed E-state index contributed by atoms with van der Waals surface area (Å²) in [6, 6.07) is 0.339. The monoisotopic (exact) mass is 318 g/mol. The topological polar surface area (TPSA) is 81.6 Å². The maximum atomic E-state index is 6.00. The molecule has 0 aromatic carbocycles. The number of rotatable bonds is 6. The van der Waals surface area contributed by atoms with Gasteiger partial charge in [-0.2, -0.15) is 4.98 Å². The highest BCUT2D eigenvalue weighted by molar-refractivity contribution is 5.59. The average molecular weight is 318 g/mol. The summed E-state index contributed by atoms with van der Waals surface area (Å²) in [6.07, 6.45) is 7.32. The lowest BCUT2D eigenvalue weighted by Gasteiger charge is -2.28. The minimum Gasteiger partial charge on any atom is -0.462 e. The number of imidazole rings is 1. The van der Waals surface area contributed by atoms with E-state index in [1.165, 1.54) is 12.8 Å². The molecule has 0 atom stereocenters. The number of hydrogen-bond donors (Lipinski definition) is 1. The zero-order valence-corrected chi connectivity index (χ0v) is 14.0. The Morgan fingerprint density at radius 3 is 2.87 bits per heavy atom.